The Morgan fingerprint density at radius 2 is 2.04 bits per heavy atom. The van der Waals surface area contributed by atoms with Gasteiger partial charge in [0.15, 0.2) is 5.96 Å². The van der Waals surface area contributed by atoms with Crippen molar-refractivity contribution >= 4 is 35.9 Å². The van der Waals surface area contributed by atoms with Crippen LogP contribution in [0.15, 0.2) is 17.3 Å². The van der Waals surface area contributed by atoms with Crippen LogP contribution in [0.4, 0.5) is 19.1 Å². The molecule has 0 bridgehead atoms. The Morgan fingerprint density at radius 1 is 1.33 bits per heavy atom. The molecule has 138 valence electrons. The smallest absolute Gasteiger partial charge is 0.357 e. The fraction of sp³-hybridized carbons (Fsp3) is 0.643. The number of anilines is 1. The first-order valence-electron chi connectivity index (χ1n) is 7.55. The predicted octanol–water partition coefficient (Wildman–Crippen LogP) is 2.88. The molecular weight excluding hydrogens is 436 g/mol. The van der Waals surface area contributed by atoms with Gasteiger partial charge in [0.1, 0.15) is 5.69 Å². The Balaban J connectivity index is 0.00000529. The molecule has 1 aromatic rings. The van der Waals surface area contributed by atoms with E-state index in [1.165, 1.54) is 0 Å². The number of aliphatic imine (C=N–C) groups is 1. The summed E-state index contributed by atoms with van der Waals surface area (Å²) in [5.41, 5.74) is -0.967. The topological polar surface area (TPSA) is 74.2 Å². The molecule has 0 spiro atoms. The van der Waals surface area contributed by atoms with Crippen molar-refractivity contribution in [1.82, 2.24) is 20.6 Å². The van der Waals surface area contributed by atoms with Gasteiger partial charge in [0.2, 0.25) is 5.95 Å². The second kappa shape index (κ2) is 11.3. The van der Waals surface area contributed by atoms with E-state index in [9.17, 15) is 13.2 Å². The summed E-state index contributed by atoms with van der Waals surface area (Å²) in [6, 6.07) is 1.12. The van der Waals surface area contributed by atoms with Crippen molar-refractivity contribution in [2.45, 2.75) is 39.4 Å². The van der Waals surface area contributed by atoms with Crippen LogP contribution in [0.25, 0.3) is 0 Å². The molecule has 0 saturated heterocycles. The van der Waals surface area contributed by atoms with E-state index in [1.54, 1.807) is 0 Å². The third kappa shape index (κ3) is 8.50. The van der Waals surface area contributed by atoms with E-state index in [0.717, 1.165) is 25.2 Å². The van der Waals surface area contributed by atoms with Crippen molar-refractivity contribution in [3.05, 3.63) is 18.0 Å². The van der Waals surface area contributed by atoms with E-state index in [0.29, 0.717) is 19.0 Å². The zero-order valence-electron chi connectivity index (χ0n) is 13.9. The summed E-state index contributed by atoms with van der Waals surface area (Å²) < 4.78 is 37.6. The maximum Gasteiger partial charge on any atom is 0.433 e. The highest BCUT2D eigenvalue weighted by Crippen LogP contribution is 2.27. The Bertz CT molecular complexity index is 510. The number of hydrogen-bond donors (Lipinski definition) is 3. The van der Waals surface area contributed by atoms with Gasteiger partial charge in [-0.1, -0.05) is 6.92 Å². The highest BCUT2D eigenvalue weighted by Gasteiger charge is 2.32. The molecule has 1 rings (SSSR count). The molecule has 0 fully saturated rings. The normalized spacial score (nSPS) is 13.0. The summed E-state index contributed by atoms with van der Waals surface area (Å²) in [6.45, 7) is 7.51. The third-order valence-corrected chi connectivity index (χ3v) is 2.95. The van der Waals surface area contributed by atoms with Crippen LogP contribution in [-0.4, -0.2) is 41.6 Å². The molecule has 0 amide bonds. The second-order valence-corrected chi connectivity index (χ2v) is 4.90. The predicted molar refractivity (Wildman–Crippen MR) is 99.8 cm³/mol. The third-order valence-electron chi connectivity index (χ3n) is 2.95. The molecule has 0 aliphatic carbocycles. The van der Waals surface area contributed by atoms with Crippen molar-refractivity contribution in [3.63, 3.8) is 0 Å². The molecule has 1 atom stereocenters. The van der Waals surface area contributed by atoms with Crippen LogP contribution in [0, 0.1) is 0 Å². The van der Waals surface area contributed by atoms with Crippen LogP contribution in [0.2, 0.25) is 0 Å². The number of nitrogens with zero attached hydrogens (tertiary/aromatic N) is 3. The minimum Gasteiger partial charge on any atom is -0.357 e. The van der Waals surface area contributed by atoms with Gasteiger partial charge in [0.25, 0.3) is 0 Å². The standard InChI is InChI=1S/C14H23F3N6.HI/c1-4-10(3)22-12(18-5-2)20-8-9-21-13-19-7-6-11(23-13)14(15,16)17;/h6-7,10H,4-5,8-9H2,1-3H3,(H2,18,20,22)(H,19,21,23);1H. The quantitative estimate of drug-likeness (QED) is 0.253. The average molecular weight is 460 g/mol. The zero-order valence-corrected chi connectivity index (χ0v) is 16.3. The van der Waals surface area contributed by atoms with E-state index < -0.39 is 11.9 Å². The van der Waals surface area contributed by atoms with Crippen molar-refractivity contribution in [3.8, 4) is 0 Å². The number of rotatable bonds is 7. The van der Waals surface area contributed by atoms with Gasteiger partial charge in [-0.2, -0.15) is 13.2 Å². The molecule has 3 N–H and O–H groups in total. The molecule has 0 radical (unpaired) electrons. The number of nitrogens with one attached hydrogen (secondary N) is 3. The van der Waals surface area contributed by atoms with Gasteiger partial charge in [0, 0.05) is 25.3 Å². The van der Waals surface area contributed by atoms with Gasteiger partial charge < -0.3 is 16.0 Å². The Kier molecular flexibility index (Phi) is 10.6. The van der Waals surface area contributed by atoms with Crippen molar-refractivity contribution in [1.29, 1.82) is 0 Å². The fourth-order valence-corrected chi connectivity index (χ4v) is 1.59. The summed E-state index contributed by atoms with van der Waals surface area (Å²) in [5.74, 6) is 0.614. The first-order chi connectivity index (χ1) is 10.9. The lowest BCUT2D eigenvalue weighted by atomic mass is 10.3. The molecule has 1 heterocycles. The monoisotopic (exact) mass is 460 g/mol. The van der Waals surface area contributed by atoms with E-state index in [-0.39, 0.29) is 36.0 Å². The number of hydrogen-bond acceptors (Lipinski definition) is 4. The van der Waals surface area contributed by atoms with Gasteiger partial charge in [-0.05, 0) is 26.3 Å². The van der Waals surface area contributed by atoms with Gasteiger partial charge in [-0.25, -0.2) is 9.97 Å². The largest absolute Gasteiger partial charge is 0.433 e. The lowest BCUT2D eigenvalue weighted by molar-refractivity contribution is -0.141. The molecule has 0 aliphatic rings. The van der Waals surface area contributed by atoms with Crippen LogP contribution in [0.5, 0.6) is 0 Å². The molecule has 1 unspecified atom stereocenters. The lowest BCUT2D eigenvalue weighted by Gasteiger charge is -2.16. The number of alkyl halides is 3. The van der Waals surface area contributed by atoms with Crippen LogP contribution in [0.1, 0.15) is 32.9 Å². The summed E-state index contributed by atoms with van der Waals surface area (Å²) in [4.78, 5) is 11.5. The first-order valence-corrected chi connectivity index (χ1v) is 7.55. The second-order valence-electron chi connectivity index (χ2n) is 4.90. The highest BCUT2D eigenvalue weighted by atomic mass is 127. The minimum absolute atomic E-state index is 0. The molecule has 0 saturated carbocycles. The van der Waals surface area contributed by atoms with Crippen molar-refractivity contribution < 1.29 is 13.2 Å². The maximum atomic E-state index is 12.5. The van der Waals surface area contributed by atoms with E-state index in [4.69, 9.17) is 0 Å². The zero-order chi connectivity index (χ0) is 17.3. The lowest BCUT2D eigenvalue weighted by Crippen LogP contribution is -2.42. The SMILES string of the molecule is CCNC(=NCCNc1nccc(C(F)(F)F)n1)NC(C)CC.I. The van der Waals surface area contributed by atoms with Crippen LogP contribution >= 0.6 is 24.0 Å². The Labute approximate surface area is 157 Å². The summed E-state index contributed by atoms with van der Waals surface area (Å²) in [5, 5.41) is 9.07. The van der Waals surface area contributed by atoms with Gasteiger partial charge in [-0.15, -0.1) is 24.0 Å². The van der Waals surface area contributed by atoms with E-state index in [2.05, 4.69) is 37.8 Å². The van der Waals surface area contributed by atoms with Crippen molar-refractivity contribution in [2.24, 2.45) is 4.99 Å². The molecular formula is C14H24F3IN6. The molecule has 6 nitrogen and oxygen atoms in total. The summed E-state index contributed by atoms with van der Waals surface area (Å²) in [6.07, 6.45) is -2.44. The fourth-order valence-electron chi connectivity index (χ4n) is 1.59. The summed E-state index contributed by atoms with van der Waals surface area (Å²) in [7, 11) is 0. The van der Waals surface area contributed by atoms with E-state index >= 15 is 0 Å². The summed E-state index contributed by atoms with van der Waals surface area (Å²) >= 11 is 0. The molecule has 0 aromatic carbocycles. The molecule has 10 heteroatoms. The molecule has 0 aliphatic heterocycles. The Hall–Kier alpha value is -1.33. The Morgan fingerprint density at radius 3 is 2.62 bits per heavy atom. The van der Waals surface area contributed by atoms with Gasteiger partial charge in [0.05, 0.1) is 6.54 Å². The first kappa shape index (κ1) is 22.7. The van der Waals surface area contributed by atoms with Crippen LogP contribution in [0.3, 0.4) is 0 Å². The minimum atomic E-state index is -4.48. The number of halogens is 4. The van der Waals surface area contributed by atoms with E-state index in [1.807, 2.05) is 13.8 Å². The molecule has 24 heavy (non-hydrogen) atoms. The number of aromatic nitrogens is 2. The van der Waals surface area contributed by atoms with Crippen LogP contribution < -0.4 is 16.0 Å². The number of guanidine groups is 1. The molecule has 1 aromatic heterocycles. The average Bonchev–Trinajstić information content (AvgIpc) is 2.51. The maximum absolute atomic E-state index is 12.5. The van der Waals surface area contributed by atoms with Crippen molar-refractivity contribution in [2.75, 3.05) is 25.0 Å². The van der Waals surface area contributed by atoms with Gasteiger partial charge >= 0.3 is 6.18 Å². The van der Waals surface area contributed by atoms with Gasteiger partial charge in [-0.3, -0.25) is 4.99 Å². The van der Waals surface area contributed by atoms with Crippen LogP contribution in [-0.2, 0) is 6.18 Å². The highest BCUT2D eigenvalue weighted by molar-refractivity contribution is 14.0.